The van der Waals surface area contributed by atoms with Gasteiger partial charge in [0.1, 0.15) is 12.0 Å². The summed E-state index contributed by atoms with van der Waals surface area (Å²) in [5.41, 5.74) is 7.95. The lowest BCUT2D eigenvalue weighted by Crippen LogP contribution is -2.45. The van der Waals surface area contributed by atoms with Gasteiger partial charge >= 0.3 is 0 Å². The van der Waals surface area contributed by atoms with Crippen LogP contribution in [0.4, 0.5) is 11.5 Å². The minimum atomic E-state index is -0.226. The summed E-state index contributed by atoms with van der Waals surface area (Å²) in [6, 6.07) is 11.0. The summed E-state index contributed by atoms with van der Waals surface area (Å²) < 4.78 is 0. The maximum Gasteiger partial charge on any atom is 0.256 e. The number of hydrogen-bond acceptors (Lipinski definition) is 4. The molecular formula is C14H14N4O. The van der Waals surface area contributed by atoms with E-state index in [9.17, 15) is 4.79 Å². The maximum absolute atomic E-state index is 12.1. The second-order valence-electron chi connectivity index (χ2n) is 4.53. The number of carbonyl (C=O) groups is 1. The third-order valence-electron chi connectivity index (χ3n) is 3.27. The monoisotopic (exact) mass is 254 g/mol. The zero-order valence-corrected chi connectivity index (χ0v) is 10.5. The van der Waals surface area contributed by atoms with Crippen LogP contribution in [0, 0.1) is 0 Å². The molecule has 2 heterocycles. The quantitative estimate of drug-likeness (QED) is 0.757. The highest BCUT2D eigenvalue weighted by molar-refractivity contribution is 6.01. The standard InChI is InChI=1S/C14H14N4O/c1-18-12(9-4-6-10(15)7-5-9)17-14(19)11-3-2-8-16-13(11)18/h2-8,12H,15H2,1H3,(H,17,19)/t12-/m0/s1. The van der Waals surface area contributed by atoms with E-state index in [1.165, 1.54) is 0 Å². The molecule has 3 rings (SSSR count). The number of anilines is 2. The summed E-state index contributed by atoms with van der Waals surface area (Å²) in [4.78, 5) is 18.3. The summed E-state index contributed by atoms with van der Waals surface area (Å²) in [5, 5.41) is 2.96. The molecule has 0 aliphatic carbocycles. The molecule has 0 spiro atoms. The third-order valence-corrected chi connectivity index (χ3v) is 3.27. The summed E-state index contributed by atoms with van der Waals surface area (Å²) in [5.74, 6) is 0.580. The fourth-order valence-corrected chi connectivity index (χ4v) is 2.26. The molecule has 5 heteroatoms. The van der Waals surface area contributed by atoms with E-state index >= 15 is 0 Å². The van der Waals surface area contributed by atoms with Crippen molar-refractivity contribution in [1.29, 1.82) is 0 Å². The number of fused-ring (bicyclic) bond motifs is 1. The zero-order valence-electron chi connectivity index (χ0n) is 10.5. The van der Waals surface area contributed by atoms with Crippen LogP contribution in [-0.2, 0) is 0 Å². The number of aromatic nitrogens is 1. The van der Waals surface area contributed by atoms with Crippen LogP contribution in [0.25, 0.3) is 0 Å². The molecule has 1 amide bonds. The summed E-state index contributed by atoms with van der Waals surface area (Å²) in [6.45, 7) is 0. The fourth-order valence-electron chi connectivity index (χ4n) is 2.26. The van der Waals surface area contributed by atoms with E-state index < -0.39 is 0 Å². The SMILES string of the molecule is CN1c2ncccc2C(=O)N[C@@H]1c1ccc(N)cc1. The van der Waals surface area contributed by atoms with Gasteiger partial charge in [-0.15, -0.1) is 0 Å². The van der Waals surface area contributed by atoms with Crippen LogP contribution in [0.2, 0.25) is 0 Å². The van der Waals surface area contributed by atoms with E-state index in [-0.39, 0.29) is 12.1 Å². The molecule has 3 N–H and O–H groups in total. The molecule has 0 fully saturated rings. The lowest BCUT2D eigenvalue weighted by atomic mass is 10.1. The molecule has 0 unspecified atom stereocenters. The molecule has 19 heavy (non-hydrogen) atoms. The van der Waals surface area contributed by atoms with Gasteiger partial charge in [-0.25, -0.2) is 4.98 Å². The Morgan fingerprint density at radius 3 is 2.74 bits per heavy atom. The number of pyridine rings is 1. The molecule has 5 nitrogen and oxygen atoms in total. The fraction of sp³-hybridized carbons (Fsp3) is 0.143. The van der Waals surface area contributed by atoms with Gasteiger partial charge in [0, 0.05) is 18.9 Å². The molecule has 1 aromatic heterocycles. The number of benzene rings is 1. The Kier molecular flexibility index (Phi) is 2.59. The topological polar surface area (TPSA) is 71.2 Å². The molecule has 96 valence electrons. The highest BCUT2D eigenvalue weighted by Gasteiger charge is 2.29. The first-order valence-electron chi connectivity index (χ1n) is 6.01. The number of nitrogens with two attached hydrogens (primary N) is 1. The average Bonchev–Trinajstić information content (AvgIpc) is 2.44. The highest BCUT2D eigenvalue weighted by Crippen LogP contribution is 2.29. The number of nitrogens with zero attached hydrogens (tertiary/aromatic N) is 2. The molecule has 0 radical (unpaired) electrons. The van der Waals surface area contributed by atoms with Crippen LogP contribution in [0.5, 0.6) is 0 Å². The van der Waals surface area contributed by atoms with Crippen LogP contribution in [0.3, 0.4) is 0 Å². The number of rotatable bonds is 1. The van der Waals surface area contributed by atoms with Crippen LogP contribution in [-0.4, -0.2) is 17.9 Å². The Balaban J connectivity index is 2.02. The van der Waals surface area contributed by atoms with Gasteiger partial charge in [0.25, 0.3) is 5.91 Å². The molecule has 0 bridgehead atoms. The molecule has 1 aliphatic rings. The van der Waals surface area contributed by atoms with Crippen molar-refractivity contribution in [1.82, 2.24) is 10.3 Å². The van der Waals surface area contributed by atoms with E-state index in [1.807, 2.05) is 36.2 Å². The first kappa shape index (κ1) is 11.5. The van der Waals surface area contributed by atoms with Gasteiger partial charge < -0.3 is 16.0 Å². The van der Waals surface area contributed by atoms with Crippen molar-refractivity contribution in [2.45, 2.75) is 6.17 Å². The smallest absolute Gasteiger partial charge is 0.256 e. The first-order chi connectivity index (χ1) is 9.16. The van der Waals surface area contributed by atoms with E-state index in [0.717, 1.165) is 5.56 Å². The van der Waals surface area contributed by atoms with E-state index in [4.69, 9.17) is 5.73 Å². The van der Waals surface area contributed by atoms with Crippen molar-refractivity contribution in [3.05, 3.63) is 53.7 Å². The van der Waals surface area contributed by atoms with E-state index in [0.29, 0.717) is 17.1 Å². The molecule has 2 aromatic rings. The number of nitrogen functional groups attached to an aromatic ring is 1. The summed E-state index contributed by atoms with van der Waals surface area (Å²) in [6.07, 6.45) is 1.46. The second kappa shape index (κ2) is 4.28. The van der Waals surface area contributed by atoms with Gasteiger partial charge in [-0.1, -0.05) is 12.1 Å². The third kappa shape index (κ3) is 1.89. The molecule has 0 saturated carbocycles. The summed E-state index contributed by atoms with van der Waals surface area (Å²) in [7, 11) is 1.91. The minimum Gasteiger partial charge on any atom is -0.399 e. The van der Waals surface area contributed by atoms with Crippen molar-refractivity contribution < 1.29 is 4.79 Å². The first-order valence-corrected chi connectivity index (χ1v) is 6.01. The molecule has 1 atom stereocenters. The van der Waals surface area contributed by atoms with Gasteiger partial charge in [-0.05, 0) is 29.8 Å². The van der Waals surface area contributed by atoms with Crippen molar-refractivity contribution in [2.24, 2.45) is 0 Å². The minimum absolute atomic E-state index is 0.108. The predicted octanol–water partition coefficient (Wildman–Crippen LogP) is 1.54. The largest absolute Gasteiger partial charge is 0.399 e. The van der Waals surface area contributed by atoms with Crippen LogP contribution in [0.1, 0.15) is 22.1 Å². The van der Waals surface area contributed by atoms with Gasteiger partial charge in [-0.3, -0.25) is 4.79 Å². The molecule has 1 aliphatic heterocycles. The maximum atomic E-state index is 12.1. The predicted molar refractivity (Wildman–Crippen MR) is 73.7 cm³/mol. The Bertz CT molecular complexity index is 624. The highest BCUT2D eigenvalue weighted by atomic mass is 16.2. The number of carbonyl (C=O) groups excluding carboxylic acids is 1. The van der Waals surface area contributed by atoms with Crippen molar-refractivity contribution in [3.63, 3.8) is 0 Å². The van der Waals surface area contributed by atoms with Crippen molar-refractivity contribution in [2.75, 3.05) is 17.7 Å². The van der Waals surface area contributed by atoms with Gasteiger partial charge in [0.2, 0.25) is 0 Å². The molecule has 1 aromatic carbocycles. The van der Waals surface area contributed by atoms with Crippen LogP contribution < -0.4 is 16.0 Å². The Morgan fingerprint density at radius 1 is 1.26 bits per heavy atom. The zero-order chi connectivity index (χ0) is 13.4. The molecule has 0 saturated heterocycles. The average molecular weight is 254 g/mol. The lowest BCUT2D eigenvalue weighted by Gasteiger charge is -2.35. The Hall–Kier alpha value is -2.56. The second-order valence-corrected chi connectivity index (χ2v) is 4.53. The number of amides is 1. The number of hydrogen-bond donors (Lipinski definition) is 2. The normalized spacial score (nSPS) is 17.8. The lowest BCUT2D eigenvalue weighted by molar-refractivity contribution is 0.0927. The van der Waals surface area contributed by atoms with E-state index in [1.54, 1.807) is 18.3 Å². The molecular weight excluding hydrogens is 240 g/mol. The van der Waals surface area contributed by atoms with Gasteiger partial charge in [0.05, 0.1) is 5.56 Å². The van der Waals surface area contributed by atoms with Crippen LogP contribution in [0.15, 0.2) is 42.6 Å². The number of nitrogens with one attached hydrogen (secondary N) is 1. The van der Waals surface area contributed by atoms with Crippen molar-refractivity contribution >= 4 is 17.4 Å². The Labute approximate surface area is 111 Å². The Morgan fingerprint density at radius 2 is 2.00 bits per heavy atom. The van der Waals surface area contributed by atoms with E-state index in [2.05, 4.69) is 10.3 Å². The van der Waals surface area contributed by atoms with Crippen molar-refractivity contribution in [3.8, 4) is 0 Å². The van der Waals surface area contributed by atoms with Crippen LogP contribution >= 0.6 is 0 Å². The van der Waals surface area contributed by atoms with Gasteiger partial charge in [-0.2, -0.15) is 0 Å². The summed E-state index contributed by atoms with van der Waals surface area (Å²) >= 11 is 0. The van der Waals surface area contributed by atoms with Gasteiger partial charge in [0.15, 0.2) is 0 Å².